The third kappa shape index (κ3) is 4.49. The molecule has 1 aliphatic heterocycles. The van der Waals surface area contributed by atoms with Gasteiger partial charge in [-0.1, -0.05) is 12.1 Å². The summed E-state index contributed by atoms with van der Waals surface area (Å²) in [5.74, 6) is -0.843. The number of carbonyl (C=O) groups excluding carboxylic acids is 1. The molecule has 2 aromatic heterocycles. The van der Waals surface area contributed by atoms with E-state index in [0.717, 1.165) is 18.5 Å². The third-order valence-corrected chi connectivity index (χ3v) is 5.15. The summed E-state index contributed by atoms with van der Waals surface area (Å²) in [6.07, 6.45) is 7.67. The Bertz CT molecular complexity index is 978. The van der Waals surface area contributed by atoms with Crippen molar-refractivity contribution in [2.45, 2.75) is 25.0 Å². The summed E-state index contributed by atoms with van der Waals surface area (Å²) in [4.78, 5) is 18.7. The first-order valence-corrected chi connectivity index (χ1v) is 9.47. The van der Waals surface area contributed by atoms with Crippen LogP contribution in [0.3, 0.4) is 0 Å². The SMILES string of the molecule is O=C(Nc1cnn([C@H]2C[C@@H](CO)N(Cc3cccnc3)C2)c1)c1cccc(F)c1. The molecule has 1 fully saturated rings. The van der Waals surface area contributed by atoms with E-state index in [-0.39, 0.29) is 30.2 Å². The summed E-state index contributed by atoms with van der Waals surface area (Å²) in [5, 5.41) is 16.9. The average Bonchev–Trinajstić information content (AvgIpc) is 3.35. The van der Waals surface area contributed by atoms with E-state index in [1.54, 1.807) is 24.7 Å². The van der Waals surface area contributed by atoms with Crippen molar-refractivity contribution in [3.63, 3.8) is 0 Å². The van der Waals surface area contributed by atoms with Gasteiger partial charge in [0.15, 0.2) is 0 Å². The van der Waals surface area contributed by atoms with Gasteiger partial charge >= 0.3 is 0 Å². The summed E-state index contributed by atoms with van der Waals surface area (Å²) in [5.41, 5.74) is 1.89. The second kappa shape index (κ2) is 8.50. The summed E-state index contributed by atoms with van der Waals surface area (Å²) < 4.78 is 15.1. The van der Waals surface area contributed by atoms with E-state index in [4.69, 9.17) is 0 Å². The Kier molecular flexibility index (Phi) is 5.64. The number of rotatable bonds is 6. The van der Waals surface area contributed by atoms with Gasteiger partial charge in [0, 0.05) is 43.3 Å². The van der Waals surface area contributed by atoms with Crippen LogP contribution >= 0.6 is 0 Å². The Morgan fingerprint density at radius 2 is 2.17 bits per heavy atom. The number of amides is 1. The van der Waals surface area contributed by atoms with Crippen LogP contribution in [0.4, 0.5) is 10.1 Å². The number of aromatic nitrogens is 3. The van der Waals surface area contributed by atoms with Crippen molar-refractivity contribution in [1.29, 1.82) is 0 Å². The quantitative estimate of drug-likeness (QED) is 0.670. The van der Waals surface area contributed by atoms with Gasteiger partial charge in [0.05, 0.1) is 24.5 Å². The summed E-state index contributed by atoms with van der Waals surface area (Å²) in [7, 11) is 0. The van der Waals surface area contributed by atoms with E-state index in [0.29, 0.717) is 12.2 Å². The molecule has 2 N–H and O–H groups in total. The van der Waals surface area contributed by atoms with Gasteiger partial charge in [0.1, 0.15) is 5.82 Å². The minimum atomic E-state index is -0.456. The highest BCUT2D eigenvalue weighted by molar-refractivity contribution is 6.04. The molecular formula is C21H22FN5O2. The minimum absolute atomic E-state index is 0.0368. The zero-order valence-electron chi connectivity index (χ0n) is 15.8. The summed E-state index contributed by atoms with van der Waals surface area (Å²) >= 11 is 0. The fourth-order valence-electron chi connectivity index (χ4n) is 3.69. The molecule has 29 heavy (non-hydrogen) atoms. The number of hydrogen-bond acceptors (Lipinski definition) is 5. The second-order valence-corrected chi connectivity index (χ2v) is 7.19. The first-order chi connectivity index (χ1) is 14.1. The van der Waals surface area contributed by atoms with Crippen molar-refractivity contribution in [3.8, 4) is 0 Å². The maximum absolute atomic E-state index is 13.3. The lowest BCUT2D eigenvalue weighted by Gasteiger charge is -2.22. The number of nitrogens with one attached hydrogen (secondary N) is 1. The predicted octanol–water partition coefficient (Wildman–Crippen LogP) is 2.48. The van der Waals surface area contributed by atoms with Crippen LogP contribution in [0, 0.1) is 5.82 Å². The normalized spacial score (nSPS) is 19.4. The third-order valence-electron chi connectivity index (χ3n) is 5.15. The highest BCUT2D eigenvalue weighted by atomic mass is 19.1. The van der Waals surface area contributed by atoms with Crippen LogP contribution in [0.25, 0.3) is 0 Å². The van der Waals surface area contributed by atoms with E-state index >= 15 is 0 Å². The van der Waals surface area contributed by atoms with Gasteiger partial charge in [-0.2, -0.15) is 5.10 Å². The van der Waals surface area contributed by atoms with Crippen LogP contribution in [0.2, 0.25) is 0 Å². The molecule has 0 bridgehead atoms. The van der Waals surface area contributed by atoms with Gasteiger partial charge in [-0.3, -0.25) is 19.4 Å². The largest absolute Gasteiger partial charge is 0.395 e. The molecule has 1 aliphatic rings. The second-order valence-electron chi connectivity index (χ2n) is 7.19. The van der Waals surface area contributed by atoms with Gasteiger partial charge in [-0.15, -0.1) is 0 Å². The van der Waals surface area contributed by atoms with Gasteiger partial charge < -0.3 is 10.4 Å². The van der Waals surface area contributed by atoms with Gasteiger partial charge in [-0.25, -0.2) is 4.39 Å². The van der Waals surface area contributed by atoms with E-state index in [1.807, 2.05) is 23.0 Å². The average molecular weight is 395 g/mol. The number of pyridine rings is 1. The van der Waals surface area contributed by atoms with Gasteiger partial charge in [-0.05, 0) is 36.2 Å². The standard InChI is InChI=1S/C21H22FN5O2/c22-17-5-1-4-16(7-17)21(29)25-18-10-24-27(12-18)19-8-20(14-28)26(13-19)11-15-3-2-6-23-9-15/h1-7,9-10,12,19-20,28H,8,11,13-14H2,(H,25,29)/t19-,20-/m0/s1. The Labute approximate surface area is 167 Å². The first-order valence-electron chi connectivity index (χ1n) is 9.47. The van der Waals surface area contributed by atoms with Crippen molar-refractivity contribution in [2.24, 2.45) is 0 Å². The molecule has 1 amide bonds. The lowest BCUT2D eigenvalue weighted by atomic mass is 10.2. The van der Waals surface area contributed by atoms with E-state index < -0.39 is 5.82 Å². The first kappa shape index (κ1) is 19.2. The molecule has 0 radical (unpaired) electrons. The molecule has 3 heterocycles. The molecule has 0 aliphatic carbocycles. The molecule has 0 unspecified atom stereocenters. The van der Waals surface area contributed by atoms with Crippen molar-refractivity contribution in [3.05, 3.63) is 78.1 Å². The fraction of sp³-hybridized carbons (Fsp3) is 0.286. The maximum Gasteiger partial charge on any atom is 0.255 e. The van der Waals surface area contributed by atoms with Crippen molar-refractivity contribution < 1.29 is 14.3 Å². The van der Waals surface area contributed by atoms with Crippen LogP contribution in [0.15, 0.2) is 61.2 Å². The summed E-state index contributed by atoms with van der Waals surface area (Å²) in [6.45, 7) is 1.51. The number of anilines is 1. The van der Waals surface area contributed by atoms with Crippen LogP contribution < -0.4 is 5.32 Å². The molecule has 0 spiro atoms. The van der Waals surface area contributed by atoms with Crippen molar-refractivity contribution >= 4 is 11.6 Å². The molecule has 2 atom stereocenters. The van der Waals surface area contributed by atoms with E-state index in [9.17, 15) is 14.3 Å². The molecular weight excluding hydrogens is 373 g/mol. The van der Waals surface area contributed by atoms with Gasteiger partial charge in [0.2, 0.25) is 0 Å². The Morgan fingerprint density at radius 1 is 1.28 bits per heavy atom. The smallest absolute Gasteiger partial charge is 0.255 e. The van der Waals surface area contributed by atoms with Crippen molar-refractivity contribution in [1.82, 2.24) is 19.7 Å². The molecule has 1 aromatic carbocycles. The maximum atomic E-state index is 13.3. The predicted molar refractivity (Wildman–Crippen MR) is 106 cm³/mol. The van der Waals surface area contributed by atoms with Gasteiger partial charge in [0.25, 0.3) is 5.91 Å². The minimum Gasteiger partial charge on any atom is -0.395 e. The fourth-order valence-corrected chi connectivity index (χ4v) is 3.69. The summed E-state index contributed by atoms with van der Waals surface area (Å²) in [6, 6.07) is 9.59. The molecule has 0 saturated carbocycles. The van der Waals surface area contributed by atoms with E-state index in [2.05, 4.69) is 20.3 Å². The molecule has 3 aromatic rings. The Hall–Kier alpha value is -3.10. The molecule has 7 nitrogen and oxygen atoms in total. The van der Waals surface area contributed by atoms with Crippen LogP contribution in [-0.4, -0.2) is 49.9 Å². The monoisotopic (exact) mass is 395 g/mol. The Balaban J connectivity index is 1.42. The van der Waals surface area contributed by atoms with Crippen LogP contribution in [-0.2, 0) is 6.54 Å². The number of hydrogen-bond donors (Lipinski definition) is 2. The lowest BCUT2D eigenvalue weighted by molar-refractivity contribution is 0.102. The number of aliphatic hydroxyl groups excluding tert-OH is 1. The zero-order chi connectivity index (χ0) is 20.2. The van der Waals surface area contributed by atoms with Crippen molar-refractivity contribution in [2.75, 3.05) is 18.5 Å². The zero-order valence-corrected chi connectivity index (χ0v) is 15.8. The van der Waals surface area contributed by atoms with Crippen LogP contribution in [0.1, 0.15) is 28.4 Å². The number of carbonyl (C=O) groups is 1. The highest BCUT2D eigenvalue weighted by Crippen LogP contribution is 2.29. The lowest BCUT2D eigenvalue weighted by Crippen LogP contribution is -2.31. The number of benzene rings is 1. The number of halogens is 1. The van der Waals surface area contributed by atoms with E-state index in [1.165, 1.54) is 18.2 Å². The topological polar surface area (TPSA) is 83.3 Å². The molecule has 8 heteroatoms. The van der Waals surface area contributed by atoms with Crippen LogP contribution in [0.5, 0.6) is 0 Å². The number of nitrogens with zero attached hydrogens (tertiary/aromatic N) is 4. The number of aliphatic hydroxyl groups is 1. The molecule has 4 rings (SSSR count). The Morgan fingerprint density at radius 3 is 2.93 bits per heavy atom. The molecule has 1 saturated heterocycles. The molecule has 150 valence electrons. The highest BCUT2D eigenvalue weighted by Gasteiger charge is 2.33. The number of likely N-dealkylation sites (tertiary alicyclic amines) is 1.